The van der Waals surface area contributed by atoms with Gasteiger partial charge in [-0.05, 0) is 18.1 Å². The Morgan fingerprint density at radius 3 is 2.50 bits per heavy atom. The van der Waals surface area contributed by atoms with Crippen LogP contribution >= 0.6 is 0 Å². The highest BCUT2D eigenvalue weighted by Crippen LogP contribution is 2.19. The molecule has 2 heterocycles. The number of rotatable bonds is 4. The van der Waals surface area contributed by atoms with Crippen molar-refractivity contribution in [3.05, 3.63) is 24.5 Å². The maximum Gasteiger partial charge on any atom is 0.239 e. The van der Waals surface area contributed by atoms with Crippen LogP contribution in [0.25, 0.3) is 0 Å². The molecule has 0 spiro atoms. The standard InChI is InChI=1S/C15H23N3O2/c1-11(2)14(16)15(19)18-9-5-13(6-10-18)20-12-3-7-17-8-4-12/h3-4,7-8,11,13-14H,5-6,9-10,16H2,1-2H3/t14-/m0/s1. The number of piperidine rings is 1. The summed E-state index contributed by atoms with van der Waals surface area (Å²) in [5, 5.41) is 0. The fourth-order valence-corrected chi connectivity index (χ4v) is 2.30. The first-order chi connectivity index (χ1) is 9.58. The number of ether oxygens (including phenoxy) is 1. The minimum atomic E-state index is -0.396. The van der Waals surface area contributed by atoms with Gasteiger partial charge in [-0.3, -0.25) is 9.78 Å². The molecule has 0 bridgehead atoms. The van der Waals surface area contributed by atoms with E-state index in [1.54, 1.807) is 12.4 Å². The molecule has 1 amide bonds. The van der Waals surface area contributed by atoms with Gasteiger partial charge in [0.15, 0.2) is 0 Å². The van der Waals surface area contributed by atoms with Crippen molar-refractivity contribution >= 4 is 5.91 Å². The van der Waals surface area contributed by atoms with Crippen LogP contribution in [-0.4, -0.2) is 41.0 Å². The molecule has 20 heavy (non-hydrogen) atoms. The van der Waals surface area contributed by atoms with Crippen LogP contribution in [0.5, 0.6) is 5.75 Å². The lowest BCUT2D eigenvalue weighted by Gasteiger charge is -2.34. The molecule has 0 aliphatic carbocycles. The first kappa shape index (κ1) is 14.8. The maximum absolute atomic E-state index is 12.2. The van der Waals surface area contributed by atoms with Gasteiger partial charge in [-0.1, -0.05) is 13.8 Å². The molecule has 110 valence electrons. The molecule has 2 rings (SSSR count). The first-order valence-corrected chi connectivity index (χ1v) is 7.19. The van der Waals surface area contributed by atoms with Crippen molar-refractivity contribution in [2.75, 3.05) is 13.1 Å². The molecule has 0 unspecified atom stereocenters. The van der Waals surface area contributed by atoms with Crippen molar-refractivity contribution in [1.82, 2.24) is 9.88 Å². The lowest BCUT2D eigenvalue weighted by Crippen LogP contribution is -2.50. The molecule has 1 fully saturated rings. The number of carbonyl (C=O) groups is 1. The van der Waals surface area contributed by atoms with Gasteiger partial charge in [0.2, 0.25) is 5.91 Å². The highest BCUT2D eigenvalue weighted by molar-refractivity contribution is 5.82. The Kier molecular flexibility index (Phi) is 4.95. The number of aromatic nitrogens is 1. The summed E-state index contributed by atoms with van der Waals surface area (Å²) in [6.45, 7) is 5.38. The molecule has 1 atom stereocenters. The van der Waals surface area contributed by atoms with E-state index in [4.69, 9.17) is 10.5 Å². The summed E-state index contributed by atoms with van der Waals surface area (Å²) in [5.74, 6) is 1.07. The molecule has 1 aromatic heterocycles. The topological polar surface area (TPSA) is 68.5 Å². The van der Waals surface area contributed by atoms with Gasteiger partial charge in [0.1, 0.15) is 11.9 Å². The van der Waals surface area contributed by atoms with E-state index in [1.165, 1.54) is 0 Å². The number of pyridine rings is 1. The smallest absolute Gasteiger partial charge is 0.239 e. The Morgan fingerprint density at radius 2 is 1.95 bits per heavy atom. The zero-order valence-corrected chi connectivity index (χ0v) is 12.2. The van der Waals surface area contributed by atoms with Crippen LogP contribution in [0, 0.1) is 5.92 Å². The normalized spacial score (nSPS) is 18.1. The van der Waals surface area contributed by atoms with Crippen molar-refractivity contribution in [3.63, 3.8) is 0 Å². The van der Waals surface area contributed by atoms with Crippen LogP contribution in [0.15, 0.2) is 24.5 Å². The van der Waals surface area contributed by atoms with Gasteiger partial charge in [0.05, 0.1) is 6.04 Å². The Hall–Kier alpha value is -1.62. The highest BCUT2D eigenvalue weighted by Gasteiger charge is 2.28. The third-order valence-corrected chi connectivity index (χ3v) is 3.71. The molecule has 0 aromatic carbocycles. The highest BCUT2D eigenvalue weighted by atomic mass is 16.5. The van der Waals surface area contributed by atoms with Gasteiger partial charge in [-0.15, -0.1) is 0 Å². The summed E-state index contributed by atoms with van der Waals surface area (Å²) in [4.78, 5) is 18.0. The van der Waals surface area contributed by atoms with E-state index >= 15 is 0 Å². The average molecular weight is 277 g/mol. The third-order valence-electron chi connectivity index (χ3n) is 3.71. The quantitative estimate of drug-likeness (QED) is 0.904. The van der Waals surface area contributed by atoms with Gasteiger partial charge in [-0.2, -0.15) is 0 Å². The molecule has 1 aromatic rings. The molecule has 0 radical (unpaired) electrons. The predicted octanol–water partition coefficient (Wildman–Crippen LogP) is 1.43. The first-order valence-electron chi connectivity index (χ1n) is 7.19. The van der Waals surface area contributed by atoms with Gasteiger partial charge < -0.3 is 15.4 Å². The van der Waals surface area contributed by atoms with E-state index in [0.29, 0.717) is 0 Å². The zero-order valence-electron chi connectivity index (χ0n) is 12.2. The monoisotopic (exact) mass is 277 g/mol. The molecule has 5 nitrogen and oxygen atoms in total. The van der Waals surface area contributed by atoms with E-state index in [0.717, 1.165) is 31.7 Å². The number of likely N-dealkylation sites (tertiary alicyclic amines) is 1. The summed E-state index contributed by atoms with van der Waals surface area (Å²) >= 11 is 0. The number of amides is 1. The summed E-state index contributed by atoms with van der Waals surface area (Å²) in [5.41, 5.74) is 5.92. The Morgan fingerprint density at radius 1 is 1.35 bits per heavy atom. The lowest BCUT2D eigenvalue weighted by atomic mass is 10.0. The Balaban J connectivity index is 1.82. The molecular weight excluding hydrogens is 254 g/mol. The third kappa shape index (κ3) is 3.70. The molecule has 1 saturated heterocycles. The van der Waals surface area contributed by atoms with Crippen LogP contribution in [-0.2, 0) is 4.79 Å². The summed E-state index contributed by atoms with van der Waals surface area (Å²) in [6, 6.07) is 3.31. The SMILES string of the molecule is CC(C)[C@H](N)C(=O)N1CCC(Oc2ccncc2)CC1. The molecule has 2 N–H and O–H groups in total. The van der Waals surface area contributed by atoms with Crippen molar-refractivity contribution in [2.24, 2.45) is 11.7 Å². The number of nitrogens with zero attached hydrogens (tertiary/aromatic N) is 2. The van der Waals surface area contributed by atoms with Gasteiger partial charge >= 0.3 is 0 Å². The van der Waals surface area contributed by atoms with Crippen molar-refractivity contribution in [2.45, 2.75) is 38.8 Å². The number of hydrogen-bond donors (Lipinski definition) is 1. The minimum absolute atomic E-state index is 0.0577. The largest absolute Gasteiger partial charge is 0.490 e. The second kappa shape index (κ2) is 6.70. The van der Waals surface area contributed by atoms with Gasteiger partial charge in [0, 0.05) is 38.3 Å². The fourth-order valence-electron chi connectivity index (χ4n) is 2.30. The van der Waals surface area contributed by atoms with Gasteiger partial charge in [0.25, 0.3) is 0 Å². The van der Waals surface area contributed by atoms with E-state index in [2.05, 4.69) is 4.98 Å². The summed E-state index contributed by atoms with van der Waals surface area (Å²) in [6.07, 6.45) is 5.29. The predicted molar refractivity (Wildman–Crippen MR) is 77.3 cm³/mol. The summed E-state index contributed by atoms with van der Waals surface area (Å²) in [7, 11) is 0. The lowest BCUT2D eigenvalue weighted by molar-refractivity contribution is -0.135. The van der Waals surface area contributed by atoms with Crippen LogP contribution in [0.2, 0.25) is 0 Å². The molecule has 1 aliphatic rings. The second-order valence-corrected chi connectivity index (χ2v) is 5.60. The van der Waals surface area contributed by atoms with Crippen LogP contribution in [0.3, 0.4) is 0 Å². The molecule has 5 heteroatoms. The average Bonchev–Trinajstić information content (AvgIpc) is 2.47. The Bertz CT molecular complexity index is 428. The Labute approximate surface area is 120 Å². The van der Waals surface area contributed by atoms with Crippen LogP contribution in [0.1, 0.15) is 26.7 Å². The second-order valence-electron chi connectivity index (χ2n) is 5.60. The number of carbonyl (C=O) groups excluding carboxylic acids is 1. The zero-order chi connectivity index (χ0) is 14.5. The van der Waals surface area contributed by atoms with E-state index in [1.807, 2.05) is 30.9 Å². The van der Waals surface area contributed by atoms with Gasteiger partial charge in [-0.25, -0.2) is 0 Å². The maximum atomic E-state index is 12.2. The minimum Gasteiger partial charge on any atom is -0.490 e. The van der Waals surface area contributed by atoms with Crippen LogP contribution < -0.4 is 10.5 Å². The van der Waals surface area contributed by atoms with E-state index in [-0.39, 0.29) is 17.9 Å². The van der Waals surface area contributed by atoms with E-state index in [9.17, 15) is 4.79 Å². The van der Waals surface area contributed by atoms with Crippen molar-refractivity contribution in [3.8, 4) is 5.75 Å². The fraction of sp³-hybridized carbons (Fsp3) is 0.600. The summed E-state index contributed by atoms with van der Waals surface area (Å²) < 4.78 is 5.88. The van der Waals surface area contributed by atoms with Crippen molar-refractivity contribution in [1.29, 1.82) is 0 Å². The molecular formula is C15H23N3O2. The number of hydrogen-bond acceptors (Lipinski definition) is 4. The number of nitrogens with two attached hydrogens (primary N) is 1. The van der Waals surface area contributed by atoms with Crippen LogP contribution in [0.4, 0.5) is 0 Å². The van der Waals surface area contributed by atoms with Crippen molar-refractivity contribution < 1.29 is 9.53 Å². The molecule has 1 aliphatic heterocycles. The molecule has 0 saturated carbocycles. The van der Waals surface area contributed by atoms with E-state index < -0.39 is 6.04 Å².